The van der Waals surface area contributed by atoms with Gasteiger partial charge in [-0.05, 0) is 97.8 Å². The number of nitrogens with zero attached hydrogens (tertiary/aromatic N) is 1. The highest BCUT2D eigenvalue weighted by molar-refractivity contribution is 5.74. The Morgan fingerprint density at radius 1 is 0.676 bits per heavy atom. The third-order valence-corrected chi connectivity index (χ3v) is 9.51. The summed E-state index contributed by atoms with van der Waals surface area (Å²) in [4.78, 5) is 11.9. The maximum atomic E-state index is 12.1. The van der Waals surface area contributed by atoms with Crippen LogP contribution in [0.15, 0.2) is 42.5 Å². The molecule has 37 heavy (non-hydrogen) atoms. The average molecular weight is 504 g/mol. The standard InChI is InChI=1S/C34H49NO2/c1-3-5-7-9-26-11-15-28(16-12-26)29-19-21-31(22-20-29)33-24-23-32(25-34(33)35(36)37)30-17-13-27(14-18-30)10-8-6-4-2/h19-28,30H,3-18H2,1-2H3/t26-,27-,28-,30-. The second kappa shape index (κ2) is 14.1. The van der Waals surface area contributed by atoms with Crippen molar-refractivity contribution >= 4 is 5.69 Å². The number of unbranched alkanes of at least 4 members (excludes halogenated alkanes) is 4. The lowest BCUT2D eigenvalue weighted by Gasteiger charge is -2.29. The summed E-state index contributed by atoms with van der Waals surface area (Å²) in [6.45, 7) is 4.55. The molecule has 2 aliphatic rings. The Balaban J connectivity index is 1.37. The number of benzene rings is 2. The van der Waals surface area contributed by atoms with E-state index in [1.54, 1.807) is 0 Å². The average Bonchev–Trinajstić information content (AvgIpc) is 2.94. The number of nitro benzene ring substituents is 1. The summed E-state index contributed by atoms with van der Waals surface area (Å²) < 4.78 is 0. The fourth-order valence-corrected chi connectivity index (χ4v) is 7.07. The second-order valence-corrected chi connectivity index (χ2v) is 12.1. The Kier molecular flexibility index (Phi) is 10.6. The van der Waals surface area contributed by atoms with Crippen LogP contribution in [-0.4, -0.2) is 4.92 Å². The van der Waals surface area contributed by atoms with Crippen molar-refractivity contribution in [3.63, 3.8) is 0 Å². The highest BCUT2D eigenvalue weighted by Gasteiger charge is 2.26. The van der Waals surface area contributed by atoms with E-state index in [-0.39, 0.29) is 10.6 Å². The van der Waals surface area contributed by atoms with Crippen LogP contribution < -0.4 is 0 Å². The van der Waals surface area contributed by atoms with Crippen LogP contribution in [0.3, 0.4) is 0 Å². The van der Waals surface area contributed by atoms with Crippen molar-refractivity contribution in [2.45, 2.75) is 128 Å². The largest absolute Gasteiger partial charge is 0.277 e. The lowest BCUT2D eigenvalue weighted by Crippen LogP contribution is -2.13. The molecule has 0 aliphatic heterocycles. The molecule has 0 unspecified atom stereocenters. The SMILES string of the molecule is CCCCC[C@H]1CC[C@H](c2ccc(-c3ccc([C@H]4CC[C@H](CCCCC)CC4)cc3[N+](=O)[O-])cc2)CC1. The molecule has 2 saturated carbocycles. The molecule has 0 saturated heterocycles. The smallest absolute Gasteiger partial charge is 0.258 e. The monoisotopic (exact) mass is 503 g/mol. The molecule has 2 aromatic rings. The highest BCUT2D eigenvalue weighted by atomic mass is 16.6. The van der Waals surface area contributed by atoms with Crippen molar-refractivity contribution in [3.05, 3.63) is 63.7 Å². The molecule has 2 fully saturated rings. The number of rotatable bonds is 12. The number of hydrogen-bond donors (Lipinski definition) is 0. The van der Waals surface area contributed by atoms with Crippen molar-refractivity contribution in [1.29, 1.82) is 0 Å². The van der Waals surface area contributed by atoms with Gasteiger partial charge in [0.05, 0.1) is 10.5 Å². The molecule has 2 aliphatic carbocycles. The quantitative estimate of drug-likeness (QED) is 0.164. The summed E-state index contributed by atoms with van der Waals surface area (Å²) in [6.07, 6.45) is 21.0. The Hall–Kier alpha value is -2.16. The van der Waals surface area contributed by atoms with E-state index < -0.39 is 0 Å². The van der Waals surface area contributed by atoms with Gasteiger partial charge in [-0.15, -0.1) is 0 Å². The highest BCUT2D eigenvalue weighted by Crippen LogP contribution is 2.42. The van der Waals surface area contributed by atoms with Crippen LogP contribution in [0.2, 0.25) is 0 Å². The molecular weight excluding hydrogens is 454 g/mol. The predicted molar refractivity (Wildman–Crippen MR) is 156 cm³/mol. The van der Waals surface area contributed by atoms with Gasteiger partial charge in [0.25, 0.3) is 5.69 Å². The van der Waals surface area contributed by atoms with Crippen LogP contribution in [0.1, 0.15) is 140 Å². The normalized spacial score (nSPS) is 24.2. The topological polar surface area (TPSA) is 43.1 Å². The van der Waals surface area contributed by atoms with Gasteiger partial charge in [0.1, 0.15) is 0 Å². The van der Waals surface area contributed by atoms with Gasteiger partial charge in [0.2, 0.25) is 0 Å². The molecule has 3 heteroatoms. The van der Waals surface area contributed by atoms with Crippen molar-refractivity contribution in [2.75, 3.05) is 0 Å². The van der Waals surface area contributed by atoms with E-state index in [4.69, 9.17) is 0 Å². The molecule has 0 aromatic heterocycles. The Labute approximate surface area is 225 Å². The molecule has 0 bridgehead atoms. The van der Waals surface area contributed by atoms with Crippen LogP contribution in [-0.2, 0) is 0 Å². The summed E-state index contributed by atoms with van der Waals surface area (Å²) in [5.41, 5.74) is 4.56. The third-order valence-electron chi connectivity index (χ3n) is 9.51. The van der Waals surface area contributed by atoms with Gasteiger partial charge in [0, 0.05) is 6.07 Å². The van der Waals surface area contributed by atoms with E-state index in [2.05, 4.69) is 44.2 Å². The molecule has 0 amide bonds. The minimum Gasteiger partial charge on any atom is -0.258 e. The fraction of sp³-hybridized carbons (Fsp3) is 0.647. The fourth-order valence-electron chi connectivity index (χ4n) is 7.07. The van der Waals surface area contributed by atoms with Gasteiger partial charge >= 0.3 is 0 Å². The van der Waals surface area contributed by atoms with E-state index in [1.807, 2.05) is 12.1 Å². The molecule has 4 rings (SSSR count). The summed E-state index contributed by atoms with van der Waals surface area (Å²) in [5.74, 6) is 2.88. The Morgan fingerprint density at radius 3 is 1.65 bits per heavy atom. The van der Waals surface area contributed by atoms with E-state index in [0.717, 1.165) is 28.5 Å². The second-order valence-electron chi connectivity index (χ2n) is 12.1. The van der Waals surface area contributed by atoms with E-state index in [1.165, 1.54) is 108 Å². The van der Waals surface area contributed by atoms with Crippen LogP contribution in [0, 0.1) is 22.0 Å². The predicted octanol–water partition coefficient (Wildman–Crippen LogP) is 11.0. The first-order valence-electron chi connectivity index (χ1n) is 15.5. The maximum absolute atomic E-state index is 12.1. The van der Waals surface area contributed by atoms with Gasteiger partial charge in [0.15, 0.2) is 0 Å². The summed E-state index contributed by atoms with van der Waals surface area (Å²) in [7, 11) is 0. The van der Waals surface area contributed by atoms with Gasteiger partial charge in [-0.3, -0.25) is 10.1 Å². The van der Waals surface area contributed by atoms with Gasteiger partial charge in [-0.1, -0.05) is 95.5 Å². The van der Waals surface area contributed by atoms with Crippen molar-refractivity contribution in [2.24, 2.45) is 11.8 Å². The molecule has 202 valence electrons. The van der Waals surface area contributed by atoms with Crippen LogP contribution in [0.5, 0.6) is 0 Å². The lowest BCUT2D eigenvalue weighted by atomic mass is 9.76. The van der Waals surface area contributed by atoms with Gasteiger partial charge in [-0.25, -0.2) is 0 Å². The van der Waals surface area contributed by atoms with Gasteiger partial charge < -0.3 is 0 Å². The molecular formula is C34H49NO2. The molecule has 0 radical (unpaired) electrons. The number of hydrogen-bond acceptors (Lipinski definition) is 2. The van der Waals surface area contributed by atoms with E-state index >= 15 is 0 Å². The lowest BCUT2D eigenvalue weighted by molar-refractivity contribution is -0.384. The summed E-state index contributed by atoms with van der Waals surface area (Å²) in [6, 6.07) is 14.8. The van der Waals surface area contributed by atoms with Crippen molar-refractivity contribution < 1.29 is 4.92 Å². The Morgan fingerprint density at radius 2 is 1.16 bits per heavy atom. The third kappa shape index (κ3) is 7.68. The molecule has 0 atom stereocenters. The Bertz CT molecular complexity index is 966. The van der Waals surface area contributed by atoms with Crippen molar-refractivity contribution in [3.8, 4) is 11.1 Å². The summed E-state index contributed by atoms with van der Waals surface area (Å²) >= 11 is 0. The first-order chi connectivity index (χ1) is 18.1. The molecule has 3 nitrogen and oxygen atoms in total. The molecule has 0 heterocycles. The first kappa shape index (κ1) is 27.9. The van der Waals surface area contributed by atoms with Crippen LogP contribution in [0.4, 0.5) is 5.69 Å². The maximum Gasteiger partial charge on any atom is 0.277 e. The first-order valence-corrected chi connectivity index (χ1v) is 15.5. The zero-order valence-electron chi connectivity index (χ0n) is 23.4. The van der Waals surface area contributed by atoms with Crippen LogP contribution >= 0.6 is 0 Å². The van der Waals surface area contributed by atoms with E-state index in [0.29, 0.717) is 11.8 Å². The molecule has 2 aromatic carbocycles. The minimum atomic E-state index is -0.178. The molecule has 0 N–H and O–H groups in total. The minimum absolute atomic E-state index is 0.178. The van der Waals surface area contributed by atoms with Gasteiger partial charge in [-0.2, -0.15) is 0 Å². The summed E-state index contributed by atoms with van der Waals surface area (Å²) in [5, 5.41) is 12.1. The van der Waals surface area contributed by atoms with Crippen molar-refractivity contribution in [1.82, 2.24) is 0 Å². The molecule has 0 spiro atoms. The van der Waals surface area contributed by atoms with E-state index in [9.17, 15) is 10.1 Å². The zero-order chi connectivity index (χ0) is 26.0. The van der Waals surface area contributed by atoms with Crippen LogP contribution in [0.25, 0.3) is 11.1 Å². The number of nitro groups is 1. The zero-order valence-corrected chi connectivity index (χ0v) is 23.4.